The second kappa shape index (κ2) is 9.91. The number of pyridine rings is 1. The van der Waals surface area contributed by atoms with E-state index in [1.807, 2.05) is 12.1 Å². The number of benzene rings is 1. The van der Waals surface area contributed by atoms with Crippen LogP contribution in [-0.2, 0) is 18.3 Å². The van der Waals surface area contributed by atoms with Crippen LogP contribution < -0.4 is 11.1 Å². The molecule has 12 heteroatoms. The number of aromatic nitrogens is 5. The van der Waals surface area contributed by atoms with E-state index in [0.717, 1.165) is 25.2 Å². The Balaban J connectivity index is 1.49. The van der Waals surface area contributed by atoms with Crippen LogP contribution in [0, 0.1) is 0 Å². The van der Waals surface area contributed by atoms with Crippen molar-refractivity contribution in [1.29, 1.82) is 0 Å². The SMILES string of the molecule is Cn1cnc2c(-c3nc(C(N)=O)c(Nc4ccc(CN5CCOCC5)cc4)nc3C(F)F)cncc21. The number of rotatable bonds is 7. The number of ether oxygens (including phenoxy) is 1. The van der Waals surface area contributed by atoms with Gasteiger partial charge in [0.25, 0.3) is 12.3 Å². The number of imidazole rings is 1. The van der Waals surface area contributed by atoms with Crippen molar-refractivity contribution in [2.45, 2.75) is 13.0 Å². The summed E-state index contributed by atoms with van der Waals surface area (Å²) >= 11 is 0. The summed E-state index contributed by atoms with van der Waals surface area (Å²) in [6.45, 7) is 3.92. The van der Waals surface area contributed by atoms with Crippen LogP contribution in [0.5, 0.6) is 0 Å². The fourth-order valence-corrected chi connectivity index (χ4v) is 4.12. The Morgan fingerprint density at radius 2 is 1.92 bits per heavy atom. The van der Waals surface area contributed by atoms with Gasteiger partial charge in [-0.3, -0.25) is 14.7 Å². The first-order valence-corrected chi connectivity index (χ1v) is 11.3. The smallest absolute Gasteiger partial charge is 0.282 e. The van der Waals surface area contributed by atoms with Gasteiger partial charge in [0.1, 0.15) is 16.9 Å². The van der Waals surface area contributed by atoms with E-state index in [4.69, 9.17) is 10.5 Å². The molecule has 5 rings (SSSR count). The predicted molar refractivity (Wildman–Crippen MR) is 129 cm³/mol. The molecule has 4 aromatic rings. The lowest BCUT2D eigenvalue weighted by Gasteiger charge is -2.26. The number of fused-ring (bicyclic) bond motifs is 1. The van der Waals surface area contributed by atoms with E-state index in [0.29, 0.717) is 29.9 Å². The average Bonchev–Trinajstić information content (AvgIpc) is 3.26. The van der Waals surface area contributed by atoms with Gasteiger partial charge in [0.15, 0.2) is 11.5 Å². The van der Waals surface area contributed by atoms with E-state index in [1.165, 1.54) is 6.20 Å². The van der Waals surface area contributed by atoms with Crippen LogP contribution in [0.4, 0.5) is 20.3 Å². The molecule has 1 aromatic carbocycles. The summed E-state index contributed by atoms with van der Waals surface area (Å²) in [5.74, 6) is -1.05. The quantitative estimate of drug-likeness (QED) is 0.402. The van der Waals surface area contributed by atoms with Gasteiger partial charge in [-0.25, -0.2) is 23.7 Å². The van der Waals surface area contributed by atoms with E-state index in [2.05, 4.69) is 30.2 Å². The molecule has 0 unspecified atom stereocenters. The zero-order valence-electron chi connectivity index (χ0n) is 19.5. The molecule has 3 aromatic heterocycles. The lowest BCUT2D eigenvalue weighted by molar-refractivity contribution is 0.0342. The standard InChI is InChI=1S/C24H24F2N8O2/c1-33-13-29-18-16(10-28-11-17(18)33)19-20(22(25)26)32-24(21(31-19)23(27)35)30-15-4-2-14(3-5-15)12-34-6-8-36-9-7-34/h2-5,10-11,13,22H,6-9,12H2,1H3,(H2,27,35)(H,30,32). The second-order valence-electron chi connectivity index (χ2n) is 8.44. The molecular formula is C24H24F2N8O2. The van der Waals surface area contributed by atoms with E-state index < -0.39 is 18.0 Å². The van der Waals surface area contributed by atoms with Gasteiger partial charge in [-0.05, 0) is 17.7 Å². The number of nitrogens with one attached hydrogen (secondary N) is 1. The van der Waals surface area contributed by atoms with E-state index in [9.17, 15) is 13.6 Å². The highest BCUT2D eigenvalue weighted by Crippen LogP contribution is 2.34. The molecule has 0 atom stereocenters. The first-order valence-electron chi connectivity index (χ1n) is 11.3. The molecule has 1 fully saturated rings. The van der Waals surface area contributed by atoms with Gasteiger partial charge < -0.3 is 20.4 Å². The summed E-state index contributed by atoms with van der Waals surface area (Å²) in [5.41, 5.74) is 7.41. The third kappa shape index (κ3) is 4.72. The molecule has 0 spiro atoms. The largest absolute Gasteiger partial charge is 0.379 e. The summed E-state index contributed by atoms with van der Waals surface area (Å²) in [6, 6.07) is 7.42. The molecule has 36 heavy (non-hydrogen) atoms. The first-order chi connectivity index (χ1) is 17.4. The van der Waals surface area contributed by atoms with E-state index in [-0.39, 0.29) is 22.8 Å². The van der Waals surface area contributed by atoms with Crippen LogP contribution >= 0.6 is 0 Å². The molecule has 3 N–H and O–H groups in total. The summed E-state index contributed by atoms with van der Waals surface area (Å²) in [7, 11) is 1.76. The van der Waals surface area contributed by atoms with Crippen LogP contribution in [0.3, 0.4) is 0 Å². The van der Waals surface area contributed by atoms with Crippen LogP contribution in [-0.4, -0.2) is 61.6 Å². The van der Waals surface area contributed by atoms with Gasteiger partial charge in [0.2, 0.25) is 0 Å². The number of primary amides is 1. The summed E-state index contributed by atoms with van der Waals surface area (Å²) in [6.07, 6.45) is 1.51. The Morgan fingerprint density at radius 1 is 1.17 bits per heavy atom. The minimum atomic E-state index is -2.97. The van der Waals surface area contributed by atoms with Gasteiger partial charge >= 0.3 is 0 Å². The Morgan fingerprint density at radius 3 is 2.61 bits per heavy atom. The summed E-state index contributed by atoms with van der Waals surface area (Å²) < 4.78 is 35.4. The molecule has 0 aliphatic carbocycles. The van der Waals surface area contributed by atoms with Crippen LogP contribution in [0.2, 0.25) is 0 Å². The normalized spacial score (nSPS) is 14.4. The lowest BCUT2D eigenvalue weighted by Crippen LogP contribution is -2.35. The molecule has 1 aliphatic heterocycles. The number of amides is 1. The number of aryl methyl sites for hydroxylation is 1. The molecule has 1 aliphatic rings. The fraction of sp³-hybridized carbons (Fsp3) is 0.292. The minimum Gasteiger partial charge on any atom is -0.379 e. The van der Waals surface area contributed by atoms with Crippen molar-refractivity contribution in [3.8, 4) is 11.3 Å². The Bertz CT molecular complexity index is 1400. The lowest BCUT2D eigenvalue weighted by atomic mass is 10.1. The van der Waals surface area contributed by atoms with Crippen molar-refractivity contribution >= 4 is 28.4 Å². The molecule has 4 heterocycles. The molecular weight excluding hydrogens is 470 g/mol. The highest BCUT2D eigenvalue weighted by molar-refractivity contribution is 5.98. The highest BCUT2D eigenvalue weighted by atomic mass is 19.3. The van der Waals surface area contributed by atoms with Crippen molar-refractivity contribution in [2.75, 3.05) is 31.6 Å². The Labute approximate surface area is 205 Å². The molecule has 0 radical (unpaired) electrons. The zero-order chi connectivity index (χ0) is 25.2. The van der Waals surface area contributed by atoms with Crippen LogP contribution in [0.1, 0.15) is 28.2 Å². The average molecular weight is 495 g/mol. The van der Waals surface area contributed by atoms with Crippen LogP contribution in [0.25, 0.3) is 22.3 Å². The molecule has 1 saturated heterocycles. The zero-order valence-corrected chi connectivity index (χ0v) is 19.5. The summed E-state index contributed by atoms with van der Waals surface area (Å²) in [4.78, 5) is 31.3. The number of nitrogens with zero attached hydrogens (tertiary/aromatic N) is 6. The monoisotopic (exact) mass is 494 g/mol. The van der Waals surface area contributed by atoms with Crippen molar-refractivity contribution in [2.24, 2.45) is 12.8 Å². The van der Waals surface area contributed by atoms with Crippen molar-refractivity contribution in [1.82, 2.24) is 29.4 Å². The maximum absolute atomic E-state index is 14.1. The van der Waals surface area contributed by atoms with Crippen molar-refractivity contribution in [3.05, 3.63) is 59.9 Å². The van der Waals surface area contributed by atoms with Gasteiger partial charge in [0.05, 0.1) is 31.3 Å². The number of carbonyl (C=O) groups excluding carboxylic acids is 1. The first kappa shape index (κ1) is 23.7. The third-order valence-corrected chi connectivity index (χ3v) is 5.98. The van der Waals surface area contributed by atoms with E-state index >= 15 is 0 Å². The number of carbonyl (C=O) groups is 1. The number of anilines is 2. The molecule has 0 saturated carbocycles. The van der Waals surface area contributed by atoms with Gasteiger partial charge in [0, 0.05) is 44.1 Å². The molecule has 10 nitrogen and oxygen atoms in total. The Hall–Kier alpha value is -4.03. The fourth-order valence-electron chi connectivity index (χ4n) is 4.12. The Kier molecular flexibility index (Phi) is 6.53. The minimum absolute atomic E-state index is 0.149. The van der Waals surface area contributed by atoms with Gasteiger partial charge in [-0.1, -0.05) is 12.1 Å². The van der Waals surface area contributed by atoms with Gasteiger partial charge in [-0.2, -0.15) is 0 Å². The maximum Gasteiger partial charge on any atom is 0.282 e. The number of hydrogen-bond acceptors (Lipinski definition) is 8. The van der Waals surface area contributed by atoms with Crippen molar-refractivity contribution in [3.63, 3.8) is 0 Å². The maximum atomic E-state index is 14.1. The number of morpholine rings is 1. The molecule has 186 valence electrons. The number of nitrogens with two attached hydrogens (primary N) is 1. The molecule has 1 amide bonds. The predicted octanol–water partition coefficient (Wildman–Crippen LogP) is 3.04. The van der Waals surface area contributed by atoms with Gasteiger partial charge in [-0.15, -0.1) is 0 Å². The third-order valence-electron chi connectivity index (χ3n) is 5.98. The van der Waals surface area contributed by atoms with E-state index in [1.54, 1.807) is 36.3 Å². The number of halogens is 2. The topological polar surface area (TPSA) is 124 Å². The van der Waals surface area contributed by atoms with Crippen molar-refractivity contribution < 1.29 is 18.3 Å². The summed E-state index contributed by atoms with van der Waals surface area (Å²) in [5, 5.41) is 2.92. The molecule has 0 bridgehead atoms. The number of alkyl halides is 2. The second-order valence-corrected chi connectivity index (χ2v) is 8.44. The highest BCUT2D eigenvalue weighted by Gasteiger charge is 2.26. The van der Waals surface area contributed by atoms with Crippen LogP contribution in [0.15, 0.2) is 43.0 Å². The number of hydrogen-bond donors (Lipinski definition) is 2.